The fraction of sp³-hybridized carbons (Fsp3) is 0.419. The first kappa shape index (κ1) is 26.9. The van der Waals surface area contributed by atoms with Crippen LogP contribution < -0.4 is 4.74 Å². The summed E-state index contributed by atoms with van der Waals surface area (Å²) in [5.74, 6) is 1.04. The number of methoxy groups -OCH3 is 2. The molecule has 202 valence electrons. The van der Waals surface area contributed by atoms with Crippen molar-refractivity contribution in [2.45, 2.75) is 49.6 Å². The molecular formula is C31H38N2O4S. The summed E-state index contributed by atoms with van der Waals surface area (Å²) in [5.41, 5.74) is 5.37. The zero-order valence-electron chi connectivity index (χ0n) is 22.8. The lowest BCUT2D eigenvalue weighted by Gasteiger charge is -2.57. The van der Waals surface area contributed by atoms with Gasteiger partial charge in [-0.05, 0) is 68.1 Å². The van der Waals surface area contributed by atoms with Crippen LogP contribution in [0.2, 0.25) is 0 Å². The monoisotopic (exact) mass is 534 g/mol. The maximum atomic E-state index is 13.8. The molecule has 2 heterocycles. The number of aryl methyl sites for hydroxylation is 2. The lowest BCUT2D eigenvalue weighted by Crippen LogP contribution is -2.68. The summed E-state index contributed by atoms with van der Waals surface area (Å²) in [6.07, 6.45) is 1.82. The van der Waals surface area contributed by atoms with Gasteiger partial charge in [0.05, 0.1) is 18.6 Å². The van der Waals surface area contributed by atoms with Gasteiger partial charge in [-0.1, -0.05) is 54.1 Å². The molecule has 2 saturated heterocycles. The van der Waals surface area contributed by atoms with E-state index in [1.54, 1.807) is 24.6 Å². The van der Waals surface area contributed by atoms with Crippen molar-refractivity contribution in [3.8, 4) is 16.9 Å². The van der Waals surface area contributed by atoms with Crippen molar-refractivity contribution in [1.29, 1.82) is 0 Å². The molecule has 2 fully saturated rings. The van der Waals surface area contributed by atoms with Gasteiger partial charge in [-0.3, -0.25) is 4.90 Å². The number of ether oxygens (including phenoxy) is 2. The summed E-state index contributed by atoms with van der Waals surface area (Å²) in [4.78, 5) is 2.87. The van der Waals surface area contributed by atoms with Gasteiger partial charge in [0.15, 0.2) is 0 Å². The van der Waals surface area contributed by atoms with E-state index in [1.807, 2.05) is 31.2 Å². The zero-order chi connectivity index (χ0) is 26.9. The lowest BCUT2D eigenvalue weighted by atomic mass is 9.74. The van der Waals surface area contributed by atoms with Crippen LogP contribution in [0.1, 0.15) is 35.4 Å². The second kappa shape index (κ2) is 11.2. The van der Waals surface area contributed by atoms with Crippen molar-refractivity contribution in [2.75, 3.05) is 40.5 Å². The molecule has 0 N–H and O–H groups in total. The van der Waals surface area contributed by atoms with Gasteiger partial charge in [-0.15, -0.1) is 0 Å². The Morgan fingerprint density at radius 2 is 1.66 bits per heavy atom. The molecular weight excluding hydrogens is 496 g/mol. The fourth-order valence-corrected chi connectivity index (χ4v) is 7.92. The van der Waals surface area contributed by atoms with Gasteiger partial charge in [-0.25, -0.2) is 8.42 Å². The number of hydrogen-bond acceptors (Lipinski definition) is 5. The summed E-state index contributed by atoms with van der Waals surface area (Å²) >= 11 is 0. The third-order valence-corrected chi connectivity index (χ3v) is 10.2. The molecule has 0 radical (unpaired) electrons. The van der Waals surface area contributed by atoms with Crippen molar-refractivity contribution in [1.82, 2.24) is 9.21 Å². The predicted octanol–water partition coefficient (Wildman–Crippen LogP) is 5.25. The molecule has 38 heavy (non-hydrogen) atoms. The SMILES string of the molecule is COC[C@@H]1[C@@H](c2ccc(-c3cc(C)ccc3OC)cc2)C2CN(S(=O)(=O)c3ccccc3C)CCCCN21. The van der Waals surface area contributed by atoms with E-state index >= 15 is 0 Å². The molecule has 1 unspecified atom stereocenters. The predicted molar refractivity (Wildman–Crippen MR) is 151 cm³/mol. The average Bonchev–Trinajstić information content (AvgIpc) is 2.90. The van der Waals surface area contributed by atoms with Crippen molar-refractivity contribution in [3.63, 3.8) is 0 Å². The number of nitrogens with zero attached hydrogens (tertiary/aromatic N) is 2. The second-order valence-electron chi connectivity index (χ2n) is 10.5. The number of benzene rings is 3. The third kappa shape index (κ3) is 5.00. The van der Waals surface area contributed by atoms with Gasteiger partial charge in [0.1, 0.15) is 5.75 Å². The van der Waals surface area contributed by atoms with Crippen LogP contribution in [-0.4, -0.2) is 70.2 Å². The molecule has 5 rings (SSSR count). The maximum absolute atomic E-state index is 13.8. The average molecular weight is 535 g/mol. The Labute approximate surface area is 227 Å². The summed E-state index contributed by atoms with van der Waals surface area (Å²) in [6, 6.07) is 22.5. The highest BCUT2D eigenvalue weighted by Crippen LogP contribution is 2.43. The first-order valence-corrected chi connectivity index (χ1v) is 14.8. The Kier molecular flexibility index (Phi) is 7.91. The van der Waals surface area contributed by atoms with Crippen molar-refractivity contribution >= 4 is 10.0 Å². The molecule has 0 saturated carbocycles. The Hall–Kier alpha value is -2.71. The quantitative estimate of drug-likeness (QED) is 0.415. The lowest BCUT2D eigenvalue weighted by molar-refractivity contribution is -0.0635. The zero-order valence-corrected chi connectivity index (χ0v) is 23.6. The summed E-state index contributed by atoms with van der Waals surface area (Å²) in [6.45, 7) is 6.57. The van der Waals surface area contributed by atoms with E-state index in [0.29, 0.717) is 24.6 Å². The molecule has 2 aliphatic heterocycles. The first-order valence-electron chi connectivity index (χ1n) is 13.4. The number of rotatable bonds is 7. The molecule has 3 atom stereocenters. The van der Waals surface area contributed by atoms with Gasteiger partial charge in [-0.2, -0.15) is 4.31 Å². The smallest absolute Gasteiger partial charge is 0.243 e. The number of fused-ring (bicyclic) bond motifs is 1. The molecule has 3 aromatic carbocycles. The van der Waals surface area contributed by atoms with Gasteiger partial charge in [0.2, 0.25) is 10.0 Å². The molecule has 3 aromatic rings. The summed E-state index contributed by atoms with van der Waals surface area (Å²) in [7, 11) is -0.136. The van der Waals surface area contributed by atoms with Crippen molar-refractivity contribution < 1.29 is 17.9 Å². The highest BCUT2D eigenvalue weighted by atomic mass is 32.2. The maximum Gasteiger partial charge on any atom is 0.243 e. The minimum Gasteiger partial charge on any atom is -0.496 e. The van der Waals surface area contributed by atoms with Crippen LogP contribution in [0.5, 0.6) is 5.75 Å². The molecule has 0 aromatic heterocycles. The minimum atomic E-state index is -3.58. The van der Waals surface area contributed by atoms with Crippen LogP contribution >= 0.6 is 0 Å². The second-order valence-corrected chi connectivity index (χ2v) is 12.4. The Balaban J connectivity index is 1.46. The molecule has 7 heteroatoms. The first-order chi connectivity index (χ1) is 18.3. The fourth-order valence-electron chi connectivity index (χ4n) is 6.20. The molecule has 0 amide bonds. The van der Waals surface area contributed by atoms with Crippen LogP contribution in [0, 0.1) is 13.8 Å². The van der Waals surface area contributed by atoms with Crippen molar-refractivity contribution in [3.05, 3.63) is 83.4 Å². The largest absolute Gasteiger partial charge is 0.496 e. The Morgan fingerprint density at radius 3 is 2.37 bits per heavy atom. The van der Waals surface area contributed by atoms with E-state index in [-0.39, 0.29) is 18.0 Å². The standard InChI is InChI=1S/C31H38N2O4S/c1-22-11-16-29(37-4)26(19-22)24-12-14-25(15-13-24)31-27-20-32(17-7-8-18-33(27)28(31)21-36-3)38(34,35)30-10-6-5-9-23(30)2/h5-6,9-16,19,27-28,31H,7-8,17-18,20-21H2,1-4H3/t27?,28-,31+/m1/s1. The van der Waals surface area contributed by atoms with E-state index < -0.39 is 10.0 Å². The van der Waals surface area contributed by atoms with Crippen LogP contribution in [0.15, 0.2) is 71.6 Å². The summed E-state index contributed by atoms with van der Waals surface area (Å²) < 4.78 is 40.5. The Bertz CT molecular complexity index is 1370. The van der Waals surface area contributed by atoms with Crippen LogP contribution in [0.25, 0.3) is 11.1 Å². The van der Waals surface area contributed by atoms with Crippen LogP contribution in [0.4, 0.5) is 0 Å². The molecule has 0 aliphatic carbocycles. The van der Waals surface area contributed by atoms with Crippen LogP contribution in [0.3, 0.4) is 0 Å². The molecule has 0 spiro atoms. The van der Waals surface area contributed by atoms with E-state index in [9.17, 15) is 8.42 Å². The van der Waals surface area contributed by atoms with E-state index in [2.05, 4.69) is 48.2 Å². The third-order valence-electron chi connectivity index (χ3n) is 8.16. The van der Waals surface area contributed by atoms with Gasteiger partial charge >= 0.3 is 0 Å². The number of sulfonamides is 1. The van der Waals surface area contributed by atoms with Gasteiger partial charge < -0.3 is 9.47 Å². The van der Waals surface area contributed by atoms with Gasteiger partial charge in [0.25, 0.3) is 0 Å². The summed E-state index contributed by atoms with van der Waals surface area (Å²) in [5, 5.41) is 0. The van der Waals surface area contributed by atoms with E-state index in [1.165, 1.54) is 11.1 Å². The Morgan fingerprint density at radius 1 is 0.921 bits per heavy atom. The minimum absolute atomic E-state index is 0.105. The van der Waals surface area contributed by atoms with E-state index in [4.69, 9.17) is 9.47 Å². The molecule has 6 nitrogen and oxygen atoms in total. The normalized spacial score (nSPS) is 22.7. The van der Waals surface area contributed by atoms with Crippen LogP contribution in [-0.2, 0) is 14.8 Å². The highest BCUT2D eigenvalue weighted by molar-refractivity contribution is 7.89. The molecule has 2 aliphatic rings. The van der Waals surface area contributed by atoms with E-state index in [0.717, 1.165) is 41.8 Å². The number of hydrogen-bond donors (Lipinski definition) is 0. The highest BCUT2D eigenvalue weighted by Gasteiger charge is 2.50. The molecule has 0 bridgehead atoms. The van der Waals surface area contributed by atoms with Crippen molar-refractivity contribution in [2.24, 2.45) is 0 Å². The van der Waals surface area contributed by atoms with Gasteiger partial charge in [0, 0.05) is 43.8 Å². The topological polar surface area (TPSA) is 59.1 Å².